The van der Waals surface area contributed by atoms with Crippen molar-refractivity contribution < 1.29 is 0 Å². The Morgan fingerprint density at radius 2 is 1.88 bits per heavy atom. The molecular formula is C14H29N3. The maximum absolute atomic E-state index is 4.28. The van der Waals surface area contributed by atoms with Crippen molar-refractivity contribution in [2.75, 3.05) is 20.1 Å². The van der Waals surface area contributed by atoms with Gasteiger partial charge in [-0.2, -0.15) is 0 Å². The lowest BCUT2D eigenvalue weighted by atomic mass is 9.83. The summed E-state index contributed by atoms with van der Waals surface area (Å²) in [7, 11) is 1.85. The Labute approximate surface area is 106 Å². The first kappa shape index (κ1) is 14.3. The Morgan fingerprint density at radius 3 is 2.35 bits per heavy atom. The van der Waals surface area contributed by atoms with Gasteiger partial charge in [0.1, 0.15) is 0 Å². The van der Waals surface area contributed by atoms with Crippen LogP contribution >= 0.6 is 0 Å². The molecule has 2 N–H and O–H groups in total. The summed E-state index contributed by atoms with van der Waals surface area (Å²) in [6, 6.07) is 0. The van der Waals surface area contributed by atoms with Crippen LogP contribution in [0.1, 0.15) is 52.9 Å². The second-order valence-corrected chi connectivity index (χ2v) is 5.76. The highest BCUT2D eigenvalue weighted by molar-refractivity contribution is 5.79. The van der Waals surface area contributed by atoms with Crippen LogP contribution in [0.2, 0.25) is 0 Å². The van der Waals surface area contributed by atoms with Crippen LogP contribution in [0.4, 0.5) is 0 Å². The van der Waals surface area contributed by atoms with Gasteiger partial charge in [0.25, 0.3) is 0 Å². The summed E-state index contributed by atoms with van der Waals surface area (Å²) in [5.41, 5.74) is 0.523. The van der Waals surface area contributed by atoms with E-state index >= 15 is 0 Å². The number of nitrogens with one attached hydrogen (secondary N) is 2. The maximum atomic E-state index is 4.28. The molecule has 1 rings (SSSR count). The third kappa shape index (κ3) is 4.57. The van der Waals surface area contributed by atoms with E-state index in [0.29, 0.717) is 11.3 Å². The van der Waals surface area contributed by atoms with Gasteiger partial charge < -0.3 is 10.6 Å². The highest BCUT2D eigenvalue weighted by Crippen LogP contribution is 2.40. The average Bonchev–Trinajstić information content (AvgIpc) is 2.78. The van der Waals surface area contributed by atoms with Crippen LogP contribution in [0.15, 0.2) is 4.99 Å². The molecule has 0 aromatic rings. The molecule has 0 aromatic carbocycles. The van der Waals surface area contributed by atoms with Gasteiger partial charge in [0, 0.05) is 20.1 Å². The number of hydrogen-bond donors (Lipinski definition) is 2. The fourth-order valence-corrected chi connectivity index (χ4v) is 2.57. The van der Waals surface area contributed by atoms with E-state index in [2.05, 4.69) is 36.4 Å². The molecule has 0 aliphatic heterocycles. The van der Waals surface area contributed by atoms with Crippen LogP contribution in [0, 0.1) is 11.3 Å². The number of rotatable bonds is 5. The molecule has 0 atom stereocenters. The summed E-state index contributed by atoms with van der Waals surface area (Å²) >= 11 is 0. The summed E-state index contributed by atoms with van der Waals surface area (Å²) in [5.74, 6) is 1.61. The van der Waals surface area contributed by atoms with Crippen molar-refractivity contribution >= 4 is 5.96 Å². The molecule has 17 heavy (non-hydrogen) atoms. The zero-order valence-electron chi connectivity index (χ0n) is 12.0. The van der Waals surface area contributed by atoms with Crippen LogP contribution < -0.4 is 10.6 Å². The molecule has 1 fully saturated rings. The van der Waals surface area contributed by atoms with Crippen molar-refractivity contribution in [3.05, 3.63) is 0 Å². The van der Waals surface area contributed by atoms with Gasteiger partial charge in [0.2, 0.25) is 0 Å². The number of aliphatic imine (C=N–C) groups is 1. The number of hydrogen-bond acceptors (Lipinski definition) is 1. The highest BCUT2D eigenvalue weighted by atomic mass is 15.2. The summed E-state index contributed by atoms with van der Waals surface area (Å²) in [6.45, 7) is 8.80. The second kappa shape index (κ2) is 6.87. The van der Waals surface area contributed by atoms with Gasteiger partial charge >= 0.3 is 0 Å². The van der Waals surface area contributed by atoms with Crippen LogP contribution in [0.5, 0.6) is 0 Å². The summed E-state index contributed by atoms with van der Waals surface area (Å²) < 4.78 is 0. The largest absolute Gasteiger partial charge is 0.356 e. The van der Waals surface area contributed by atoms with E-state index in [1.165, 1.54) is 32.1 Å². The molecule has 0 heterocycles. The Balaban J connectivity index is 2.36. The Kier molecular flexibility index (Phi) is 5.79. The van der Waals surface area contributed by atoms with Crippen molar-refractivity contribution in [3.63, 3.8) is 0 Å². The van der Waals surface area contributed by atoms with Gasteiger partial charge in [-0.25, -0.2) is 0 Å². The first-order valence-corrected chi connectivity index (χ1v) is 7.06. The predicted molar refractivity (Wildman–Crippen MR) is 75.4 cm³/mol. The lowest BCUT2D eigenvalue weighted by Crippen LogP contribution is -2.43. The molecule has 0 aromatic heterocycles. The van der Waals surface area contributed by atoms with Gasteiger partial charge in [-0.3, -0.25) is 4.99 Å². The normalized spacial score (nSPS) is 19.7. The molecule has 3 heteroatoms. The molecule has 1 saturated carbocycles. The van der Waals surface area contributed by atoms with Gasteiger partial charge in [-0.1, -0.05) is 33.6 Å². The van der Waals surface area contributed by atoms with Crippen LogP contribution in [0.25, 0.3) is 0 Å². The molecule has 0 spiro atoms. The van der Waals surface area contributed by atoms with Crippen molar-refractivity contribution in [2.24, 2.45) is 16.3 Å². The molecular weight excluding hydrogens is 210 g/mol. The molecule has 0 amide bonds. The lowest BCUT2D eigenvalue weighted by molar-refractivity contribution is 0.283. The molecule has 0 saturated heterocycles. The standard InChI is InChI=1S/C14H29N3/c1-5-14(8-6-7-9-14)11-17-13(15-4)16-10-12(2)3/h12H,5-11H2,1-4H3,(H2,15,16,17). The Bertz CT molecular complexity index is 240. The van der Waals surface area contributed by atoms with Gasteiger partial charge in [0.05, 0.1) is 0 Å². The third-order valence-corrected chi connectivity index (χ3v) is 3.95. The lowest BCUT2D eigenvalue weighted by Gasteiger charge is -2.28. The fourth-order valence-electron chi connectivity index (χ4n) is 2.57. The molecule has 0 radical (unpaired) electrons. The smallest absolute Gasteiger partial charge is 0.191 e. The predicted octanol–water partition coefficient (Wildman–Crippen LogP) is 2.78. The summed E-state index contributed by atoms with van der Waals surface area (Å²) in [5, 5.41) is 6.87. The number of nitrogens with zero attached hydrogens (tertiary/aromatic N) is 1. The summed E-state index contributed by atoms with van der Waals surface area (Å²) in [6.07, 6.45) is 6.82. The Morgan fingerprint density at radius 1 is 1.24 bits per heavy atom. The van der Waals surface area contributed by atoms with Gasteiger partial charge in [0.15, 0.2) is 5.96 Å². The SMILES string of the molecule is CCC1(CNC(=NC)NCC(C)C)CCCC1. The first-order chi connectivity index (χ1) is 8.12. The topological polar surface area (TPSA) is 36.4 Å². The quantitative estimate of drug-likeness (QED) is 0.572. The average molecular weight is 239 g/mol. The minimum absolute atomic E-state index is 0.523. The minimum Gasteiger partial charge on any atom is -0.356 e. The highest BCUT2D eigenvalue weighted by Gasteiger charge is 2.31. The zero-order valence-corrected chi connectivity index (χ0v) is 12.0. The molecule has 1 aliphatic rings. The van der Waals surface area contributed by atoms with E-state index in [0.717, 1.165) is 19.0 Å². The second-order valence-electron chi connectivity index (χ2n) is 5.76. The van der Waals surface area contributed by atoms with E-state index in [1.54, 1.807) is 0 Å². The first-order valence-electron chi connectivity index (χ1n) is 7.06. The number of guanidine groups is 1. The molecule has 100 valence electrons. The van der Waals surface area contributed by atoms with Gasteiger partial charge in [-0.05, 0) is 30.6 Å². The van der Waals surface area contributed by atoms with Crippen LogP contribution in [-0.4, -0.2) is 26.1 Å². The van der Waals surface area contributed by atoms with E-state index in [9.17, 15) is 0 Å². The van der Waals surface area contributed by atoms with E-state index in [-0.39, 0.29) is 0 Å². The van der Waals surface area contributed by atoms with Crippen molar-refractivity contribution in [1.82, 2.24) is 10.6 Å². The van der Waals surface area contributed by atoms with Crippen LogP contribution in [0.3, 0.4) is 0 Å². The van der Waals surface area contributed by atoms with Crippen molar-refractivity contribution in [3.8, 4) is 0 Å². The zero-order chi connectivity index (χ0) is 12.7. The summed E-state index contributed by atoms with van der Waals surface area (Å²) in [4.78, 5) is 4.28. The van der Waals surface area contributed by atoms with E-state index in [4.69, 9.17) is 0 Å². The van der Waals surface area contributed by atoms with E-state index in [1.807, 2.05) is 7.05 Å². The van der Waals surface area contributed by atoms with Crippen LogP contribution in [-0.2, 0) is 0 Å². The van der Waals surface area contributed by atoms with Crippen molar-refractivity contribution in [1.29, 1.82) is 0 Å². The maximum Gasteiger partial charge on any atom is 0.191 e. The van der Waals surface area contributed by atoms with E-state index < -0.39 is 0 Å². The van der Waals surface area contributed by atoms with Gasteiger partial charge in [-0.15, -0.1) is 0 Å². The molecule has 3 nitrogen and oxygen atoms in total. The molecule has 1 aliphatic carbocycles. The van der Waals surface area contributed by atoms with Crippen molar-refractivity contribution in [2.45, 2.75) is 52.9 Å². The molecule has 0 bridgehead atoms. The third-order valence-electron chi connectivity index (χ3n) is 3.95. The fraction of sp³-hybridized carbons (Fsp3) is 0.929. The molecule has 0 unspecified atom stereocenters. The Hall–Kier alpha value is -0.730. The monoisotopic (exact) mass is 239 g/mol. The minimum atomic E-state index is 0.523.